The zero-order valence-corrected chi connectivity index (χ0v) is 11.0. The van der Waals surface area contributed by atoms with Crippen LogP contribution in [0.1, 0.15) is 5.56 Å². The molecule has 5 heteroatoms. The van der Waals surface area contributed by atoms with Gasteiger partial charge in [-0.2, -0.15) is 16.9 Å². The average Bonchev–Trinajstić information content (AvgIpc) is 2.84. The highest BCUT2D eigenvalue weighted by Gasteiger charge is 2.08. The van der Waals surface area contributed by atoms with Crippen molar-refractivity contribution in [1.82, 2.24) is 20.0 Å². The fraction of sp³-hybridized carbons (Fsp3) is 0.583. The van der Waals surface area contributed by atoms with Gasteiger partial charge in [0.2, 0.25) is 0 Å². The molecular weight excluding hydrogens is 232 g/mol. The molecule has 1 aromatic heterocycles. The molecule has 2 heterocycles. The lowest BCUT2D eigenvalue weighted by Gasteiger charge is -2.25. The van der Waals surface area contributed by atoms with Gasteiger partial charge < -0.3 is 10.2 Å². The third-order valence-electron chi connectivity index (χ3n) is 2.88. The Morgan fingerprint density at radius 3 is 3.00 bits per heavy atom. The molecule has 4 nitrogen and oxygen atoms in total. The zero-order valence-electron chi connectivity index (χ0n) is 10.1. The van der Waals surface area contributed by atoms with Gasteiger partial charge >= 0.3 is 0 Å². The van der Waals surface area contributed by atoms with E-state index in [0.29, 0.717) is 0 Å². The second-order valence-electron chi connectivity index (χ2n) is 4.14. The summed E-state index contributed by atoms with van der Waals surface area (Å²) in [5.74, 6) is 2.57. The summed E-state index contributed by atoms with van der Waals surface area (Å²) in [6.45, 7) is 9.23. The number of nitrogens with one attached hydrogen (secondary N) is 1. The normalized spacial score (nSPS) is 17.2. The van der Waals surface area contributed by atoms with E-state index >= 15 is 0 Å². The average molecular weight is 252 g/mol. The van der Waals surface area contributed by atoms with Gasteiger partial charge in [0.05, 0.1) is 6.20 Å². The van der Waals surface area contributed by atoms with Crippen LogP contribution in [-0.4, -0.2) is 52.4 Å². The Bertz CT molecular complexity index is 344. The van der Waals surface area contributed by atoms with Crippen molar-refractivity contribution in [2.45, 2.75) is 6.54 Å². The van der Waals surface area contributed by atoms with Crippen molar-refractivity contribution in [3.8, 4) is 0 Å². The number of aromatic nitrogens is 2. The van der Waals surface area contributed by atoms with Crippen LogP contribution in [0.2, 0.25) is 0 Å². The molecule has 0 spiro atoms. The van der Waals surface area contributed by atoms with E-state index in [9.17, 15) is 0 Å². The van der Waals surface area contributed by atoms with Gasteiger partial charge in [0.15, 0.2) is 0 Å². The smallest absolute Gasteiger partial charge is 0.0538 e. The third-order valence-corrected chi connectivity index (χ3v) is 3.82. The highest BCUT2D eigenvalue weighted by molar-refractivity contribution is 7.99. The second-order valence-corrected chi connectivity index (χ2v) is 5.37. The lowest BCUT2D eigenvalue weighted by molar-refractivity contribution is 0.301. The molecule has 1 fully saturated rings. The van der Waals surface area contributed by atoms with Gasteiger partial charge in [0, 0.05) is 62.2 Å². The standard InChI is InChI=1S/C12H20N4S/c1-2-16-11-12(10-14-16)9-13-3-4-15-5-7-17-8-6-15/h2,10-11,13H,1,3-9H2. The lowest BCUT2D eigenvalue weighted by atomic mass is 10.3. The van der Waals surface area contributed by atoms with E-state index in [1.807, 2.05) is 12.4 Å². The van der Waals surface area contributed by atoms with Crippen molar-refractivity contribution in [3.63, 3.8) is 0 Å². The van der Waals surface area contributed by atoms with Gasteiger partial charge in [0.1, 0.15) is 0 Å². The molecule has 0 saturated carbocycles. The van der Waals surface area contributed by atoms with Crippen molar-refractivity contribution < 1.29 is 0 Å². The highest BCUT2D eigenvalue weighted by atomic mass is 32.2. The molecule has 1 saturated heterocycles. The Morgan fingerprint density at radius 1 is 1.47 bits per heavy atom. The van der Waals surface area contributed by atoms with Crippen LogP contribution in [0, 0.1) is 0 Å². The maximum absolute atomic E-state index is 4.15. The molecule has 1 aromatic rings. The minimum Gasteiger partial charge on any atom is -0.311 e. The molecule has 0 atom stereocenters. The van der Waals surface area contributed by atoms with Crippen LogP contribution in [0.4, 0.5) is 0 Å². The van der Waals surface area contributed by atoms with Gasteiger partial charge in [-0.25, -0.2) is 4.68 Å². The minimum absolute atomic E-state index is 0.885. The summed E-state index contributed by atoms with van der Waals surface area (Å²) < 4.78 is 1.73. The molecule has 0 unspecified atom stereocenters. The number of hydrogen-bond donors (Lipinski definition) is 1. The summed E-state index contributed by atoms with van der Waals surface area (Å²) in [5.41, 5.74) is 1.21. The highest BCUT2D eigenvalue weighted by Crippen LogP contribution is 2.07. The molecule has 1 aliphatic rings. The largest absolute Gasteiger partial charge is 0.311 e. The van der Waals surface area contributed by atoms with E-state index in [1.165, 1.54) is 30.2 Å². The van der Waals surface area contributed by atoms with Crippen molar-refractivity contribution in [1.29, 1.82) is 0 Å². The number of thioether (sulfide) groups is 1. The predicted molar refractivity (Wildman–Crippen MR) is 74.1 cm³/mol. The van der Waals surface area contributed by atoms with Crippen LogP contribution < -0.4 is 5.32 Å². The maximum Gasteiger partial charge on any atom is 0.0538 e. The summed E-state index contributed by atoms with van der Waals surface area (Å²) >= 11 is 2.06. The number of nitrogens with zero attached hydrogens (tertiary/aromatic N) is 3. The van der Waals surface area contributed by atoms with Gasteiger partial charge in [-0.05, 0) is 0 Å². The van der Waals surface area contributed by atoms with Crippen LogP contribution in [0.3, 0.4) is 0 Å². The summed E-state index contributed by atoms with van der Waals surface area (Å²) in [6, 6.07) is 0. The van der Waals surface area contributed by atoms with Gasteiger partial charge in [0.25, 0.3) is 0 Å². The maximum atomic E-state index is 4.15. The minimum atomic E-state index is 0.885. The van der Waals surface area contributed by atoms with Gasteiger partial charge in [-0.1, -0.05) is 6.58 Å². The van der Waals surface area contributed by atoms with Crippen LogP contribution in [0.15, 0.2) is 19.0 Å². The van der Waals surface area contributed by atoms with Crippen molar-refractivity contribution in [3.05, 3.63) is 24.5 Å². The first-order chi connectivity index (χ1) is 8.38. The van der Waals surface area contributed by atoms with Gasteiger partial charge in [-0.15, -0.1) is 0 Å². The van der Waals surface area contributed by atoms with Crippen molar-refractivity contribution >= 4 is 18.0 Å². The number of hydrogen-bond acceptors (Lipinski definition) is 4. The molecule has 2 rings (SSSR count). The lowest BCUT2D eigenvalue weighted by Crippen LogP contribution is -2.37. The van der Waals surface area contributed by atoms with Crippen LogP contribution in [-0.2, 0) is 6.54 Å². The van der Waals surface area contributed by atoms with E-state index in [-0.39, 0.29) is 0 Å². The van der Waals surface area contributed by atoms with E-state index in [0.717, 1.165) is 19.6 Å². The second kappa shape index (κ2) is 6.83. The van der Waals surface area contributed by atoms with E-state index < -0.39 is 0 Å². The van der Waals surface area contributed by atoms with E-state index in [1.54, 1.807) is 10.9 Å². The summed E-state index contributed by atoms with van der Waals surface area (Å²) in [4.78, 5) is 2.52. The molecule has 0 aromatic carbocycles. The molecular formula is C12H20N4S. The fourth-order valence-corrected chi connectivity index (χ4v) is 2.84. The monoisotopic (exact) mass is 252 g/mol. The molecule has 1 aliphatic heterocycles. The third kappa shape index (κ3) is 4.18. The topological polar surface area (TPSA) is 33.1 Å². The van der Waals surface area contributed by atoms with Gasteiger partial charge in [-0.3, -0.25) is 0 Å². The number of rotatable bonds is 6. The van der Waals surface area contributed by atoms with E-state index in [2.05, 4.69) is 33.7 Å². The molecule has 0 amide bonds. The molecule has 17 heavy (non-hydrogen) atoms. The summed E-state index contributed by atoms with van der Waals surface area (Å²) in [6.07, 6.45) is 5.58. The SMILES string of the molecule is C=Cn1cc(CNCCN2CCSCC2)cn1. The summed E-state index contributed by atoms with van der Waals surface area (Å²) in [7, 11) is 0. The van der Waals surface area contributed by atoms with E-state index in [4.69, 9.17) is 0 Å². The quantitative estimate of drug-likeness (QED) is 0.769. The summed E-state index contributed by atoms with van der Waals surface area (Å²) in [5, 5.41) is 7.60. The Hall–Kier alpha value is -0.780. The zero-order chi connectivity index (χ0) is 11.9. The molecule has 94 valence electrons. The fourth-order valence-electron chi connectivity index (χ4n) is 1.86. The Balaban J connectivity index is 1.60. The molecule has 0 aliphatic carbocycles. The first-order valence-electron chi connectivity index (χ1n) is 6.05. The first-order valence-corrected chi connectivity index (χ1v) is 7.20. The Morgan fingerprint density at radius 2 is 2.29 bits per heavy atom. The first kappa shape index (κ1) is 12.7. The van der Waals surface area contributed by atoms with Crippen LogP contribution in [0.5, 0.6) is 0 Å². The molecule has 1 N–H and O–H groups in total. The predicted octanol–water partition coefficient (Wildman–Crippen LogP) is 1.12. The van der Waals surface area contributed by atoms with Crippen molar-refractivity contribution in [2.75, 3.05) is 37.7 Å². The Labute approximate surface area is 107 Å². The van der Waals surface area contributed by atoms with Crippen LogP contribution >= 0.6 is 11.8 Å². The van der Waals surface area contributed by atoms with Crippen molar-refractivity contribution in [2.24, 2.45) is 0 Å². The molecule has 0 radical (unpaired) electrons. The molecule has 0 bridgehead atoms. The van der Waals surface area contributed by atoms with Crippen LogP contribution in [0.25, 0.3) is 6.20 Å². The Kier molecular flexibility index (Phi) is 5.09.